The fraction of sp³-hybridized carbons (Fsp3) is 0.700. The van der Waals surface area contributed by atoms with Gasteiger partial charge in [0, 0.05) is 5.57 Å². The van der Waals surface area contributed by atoms with Gasteiger partial charge in [-0.1, -0.05) is 12.2 Å². The molecule has 10 nitrogen and oxygen atoms in total. The summed E-state index contributed by atoms with van der Waals surface area (Å²) >= 11 is 0. The molecule has 1 aliphatic rings. The highest BCUT2D eigenvalue weighted by Crippen LogP contribution is 2.26. The number of carboxylic acids is 1. The van der Waals surface area contributed by atoms with Gasteiger partial charge in [-0.05, 0) is 40.5 Å². The number of aliphatic hydroxyl groups excluding tert-OH is 3. The van der Waals surface area contributed by atoms with E-state index in [4.69, 9.17) is 19.3 Å². The van der Waals surface area contributed by atoms with Gasteiger partial charge in [-0.15, -0.1) is 6.58 Å². The maximum Gasteiger partial charge on any atom is 0.335 e. The number of carbonyl (C=O) groups excluding carboxylic acids is 1. The standard InChI is InChI=1S/C20H32O10/c1-6-20(5,27)9-7-8-11(2)16(24)28-10-12-13(21)14(22)15(23)17(29-12)30-19(3,4)18(25)26/h6,8,12-15,17,21-23,27H,1,7,9-10H2,2-5H3,(H,25,26)/b11-8+/t12-,13-,14+,15-,17+,20?/m1/s1. The minimum atomic E-state index is -1.74. The first-order valence-electron chi connectivity index (χ1n) is 9.52. The number of aliphatic carboxylic acids is 1. The van der Waals surface area contributed by atoms with E-state index in [0.717, 1.165) is 0 Å². The number of hydrogen-bond acceptors (Lipinski definition) is 9. The van der Waals surface area contributed by atoms with Crippen molar-refractivity contribution in [1.29, 1.82) is 0 Å². The number of rotatable bonds is 10. The number of carboxylic acid groups (broad SMARTS) is 1. The van der Waals surface area contributed by atoms with Gasteiger partial charge in [-0.25, -0.2) is 9.59 Å². The lowest BCUT2D eigenvalue weighted by Crippen LogP contribution is -2.61. The van der Waals surface area contributed by atoms with Gasteiger partial charge in [0.1, 0.15) is 31.0 Å². The second kappa shape index (κ2) is 10.5. The second-order valence-electron chi connectivity index (χ2n) is 8.03. The van der Waals surface area contributed by atoms with E-state index in [1.54, 1.807) is 13.0 Å². The minimum absolute atomic E-state index is 0.264. The van der Waals surface area contributed by atoms with E-state index >= 15 is 0 Å². The van der Waals surface area contributed by atoms with Crippen LogP contribution in [-0.4, -0.2) is 86.0 Å². The molecule has 0 aromatic heterocycles. The van der Waals surface area contributed by atoms with Crippen molar-refractivity contribution in [2.75, 3.05) is 6.61 Å². The molecule has 172 valence electrons. The number of hydrogen-bond donors (Lipinski definition) is 5. The Labute approximate surface area is 175 Å². The van der Waals surface area contributed by atoms with Crippen LogP contribution in [0.25, 0.3) is 0 Å². The van der Waals surface area contributed by atoms with Crippen LogP contribution in [0.15, 0.2) is 24.3 Å². The third-order valence-electron chi connectivity index (χ3n) is 4.84. The highest BCUT2D eigenvalue weighted by molar-refractivity contribution is 5.87. The Morgan fingerprint density at radius 3 is 2.27 bits per heavy atom. The van der Waals surface area contributed by atoms with Gasteiger partial charge in [0.15, 0.2) is 11.9 Å². The molecule has 0 aromatic rings. The van der Waals surface area contributed by atoms with E-state index in [1.807, 2.05) is 0 Å². The van der Waals surface area contributed by atoms with Crippen LogP contribution in [0, 0.1) is 0 Å². The molecule has 1 fully saturated rings. The van der Waals surface area contributed by atoms with Crippen LogP contribution in [0.3, 0.4) is 0 Å². The summed E-state index contributed by atoms with van der Waals surface area (Å²) in [7, 11) is 0. The normalized spacial score (nSPS) is 29.7. The average molecular weight is 432 g/mol. The zero-order valence-corrected chi connectivity index (χ0v) is 17.6. The summed E-state index contributed by atoms with van der Waals surface area (Å²) < 4.78 is 15.7. The molecule has 0 radical (unpaired) electrons. The molecular formula is C20H32O10. The molecule has 0 saturated carbocycles. The maximum absolute atomic E-state index is 12.1. The van der Waals surface area contributed by atoms with Crippen LogP contribution in [0.1, 0.15) is 40.5 Å². The highest BCUT2D eigenvalue weighted by Gasteiger charge is 2.47. The van der Waals surface area contributed by atoms with Gasteiger partial charge in [0.2, 0.25) is 0 Å². The molecule has 1 aliphatic heterocycles. The van der Waals surface area contributed by atoms with E-state index in [9.17, 15) is 30.0 Å². The summed E-state index contributed by atoms with van der Waals surface area (Å²) in [4.78, 5) is 23.3. The largest absolute Gasteiger partial charge is 0.479 e. The molecule has 1 heterocycles. The molecule has 5 N–H and O–H groups in total. The third kappa shape index (κ3) is 7.15. The highest BCUT2D eigenvalue weighted by atomic mass is 16.7. The topological polar surface area (TPSA) is 163 Å². The maximum atomic E-state index is 12.1. The van der Waals surface area contributed by atoms with Crippen LogP contribution in [0.2, 0.25) is 0 Å². The summed E-state index contributed by atoms with van der Waals surface area (Å²) in [6, 6.07) is 0. The summed E-state index contributed by atoms with van der Waals surface area (Å²) in [5, 5.41) is 49.1. The molecule has 10 heteroatoms. The van der Waals surface area contributed by atoms with Crippen molar-refractivity contribution in [1.82, 2.24) is 0 Å². The Kier molecular flexibility index (Phi) is 9.15. The molecule has 1 saturated heterocycles. The first-order valence-corrected chi connectivity index (χ1v) is 9.52. The molecule has 0 bridgehead atoms. The molecule has 6 atom stereocenters. The Hall–Kier alpha value is -1.82. The number of carbonyl (C=O) groups is 2. The van der Waals surface area contributed by atoms with Gasteiger partial charge >= 0.3 is 11.9 Å². The molecule has 1 rings (SSSR count). The van der Waals surface area contributed by atoms with E-state index in [-0.39, 0.29) is 5.57 Å². The lowest BCUT2D eigenvalue weighted by atomic mass is 9.98. The van der Waals surface area contributed by atoms with Crippen LogP contribution in [-0.2, 0) is 23.8 Å². The van der Waals surface area contributed by atoms with Crippen LogP contribution in [0.5, 0.6) is 0 Å². The molecule has 0 amide bonds. The van der Waals surface area contributed by atoms with Crippen molar-refractivity contribution >= 4 is 11.9 Å². The average Bonchev–Trinajstić information content (AvgIpc) is 2.66. The molecule has 0 aliphatic carbocycles. The molecule has 30 heavy (non-hydrogen) atoms. The fourth-order valence-corrected chi connectivity index (χ4v) is 2.53. The van der Waals surface area contributed by atoms with Crippen LogP contribution >= 0.6 is 0 Å². The Bertz CT molecular complexity index is 654. The fourth-order valence-electron chi connectivity index (χ4n) is 2.53. The van der Waals surface area contributed by atoms with E-state index in [1.165, 1.54) is 26.8 Å². The number of esters is 1. The van der Waals surface area contributed by atoms with E-state index < -0.39 is 60.5 Å². The third-order valence-corrected chi connectivity index (χ3v) is 4.84. The van der Waals surface area contributed by atoms with Crippen molar-refractivity contribution in [3.8, 4) is 0 Å². The molecule has 0 aromatic carbocycles. The summed E-state index contributed by atoms with van der Waals surface area (Å²) in [5.41, 5.74) is -2.53. The lowest BCUT2D eigenvalue weighted by molar-refractivity contribution is -0.320. The van der Waals surface area contributed by atoms with Gasteiger partial charge in [-0.2, -0.15) is 0 Å². The predicted molar refractivity (Wildman–Crippen MR) is 104 cm³/mol. The van der Waals surface area contributed by atoms with Gasteiger partial charge in [0.05, 0.1) is 5.60 Å². The first-order chi connectivity index (χ1) is 13.7. The first kappa shape index (κ1) is 26.2. The predicted octanol–water partition coefficient (Wildman–Crippen LogP) is -0.119. The van der Waals surface area contributed by atoms with E-state index in [2.05, 4.69) is 6.58 Å². The molecular weight excluding hydrogens is 400 g/mol. The summed E-state index contributed by atoms with van der Waals surface area (Å²) in [5.74, 6) is -2.02. The zero-order valence-electron chi connectivity index (χ0n) is 17.6. The second-order valence-corrected chi connectivity index (χ2v) is 8.03. The van der Waals surface area contributed by atoms with Gasteiger partial charge in [0.25, 0.3) is 0 Å². The minimum Gasteiger partial charge on any atom is -0.479 e. The van der Waals surface area contributed by atoms with Crippen LogP contribution in [0.4, 0.5) is 0 Å². The number of ether oxygens (including phenoxy) is 3. The molecule has 1 unspecified atom stereocenters. The van der Waals surface area contributed by atoms with Crippen molar-refractivity contribution in [3.05, 3.63) is 24.3 Å². The van der Waals surface area contributed by atoms with Crippen molar-refractivity contribution < 1.29 is 49.3 Å². The monoisotopic (exact) mass is 432 g/mol. The number of aliphatic hydroxyl groups is 4. The van der Waals surface area contributed by atoms with E-state index in [0.29, 0.717) is 12.8 Å². The van der Waals surface area contributed by atoms with Gasteiger partial charge in [-0.3, -0.25) is 0 Å². The number of allylic oxidation sites excluding steroid dienone is 1. The van der Waals surface area contributed by atoms with Crippen LogP contribution < -0.4 is 0 Å². The van der Waals surface area contributed by atoms with Crippen molar-refractivity contribution in [3.63, 3.8) is 0 Å². The Balaban J connectivity index is 2.71. The lowest BCUT2D eigenvalue weighted by Gasteiger charge is -2.41. The Morgan fingerprint density at radius 2 is 1.73 bits per heavy atom. The molecule has 0 spiro atoms. The smallest absolute Gasteiger partial charge is 0.335 e. The van der Waals surface area contributed by atoms with Crippen molar-refractivity contribution in [2.45, 2.75) is 82.4 Å². The van der Waals surface area contributed by atoms with Crippen molar-refractivity contribution in [2.24, 2.45) is 0 Å². The Morgan fingerprint density at radius 1 is 1.13 bits per heavy atom. The van der Waals surface area contributed by atoms with Gasteiger partial charge < -0.3 is 39.7 Å². The summed E-state index contributed by atoms with van der Waals surface area (Å²) in [6.07, 6.45) is -4.07. The SMILES string of the molecule is C=CC(C)(O)CC/C=C(\C)C(=O)OC[C@H]1O[C@@H](OC(C)(C)C(=O)O)[C@H](O)[C@@H](O)[C@@H]1O. The summed E-state index contributed by atoms with van der Waals surface area (Å²) in [6.45, 7) is 8.63. The zero-order chi connectivity index (χ0) is 23.3. The quantitative estimate of drug-likeness (QED) is 0.179.